The number of fused-ring (bicyclic) bond motifs is 3. The second-order valence-electron chi connectivity index (χ2n) is 10.1. The molecule has 0 aliphatic carbocycles. The van der Waals surface area contributed by atoms with Crippen molar-refractivity contribution in [2.45, 2.75) is 33.4 Å². The van der Waals surface area contributed by atoms with E-state index in [0.29, 0.717) is 0 Å². The topological polar surface area (TPSA) is 38.9 Å². The number of benzene rings is 3. The number of hydrogen-bond acceptors (Lipinski definition) is 3. The maximum absolute atomic E-state index is 7.23. The van der Waals surface area contributed by atoms with Gasteiger partial charge in [0.15, 0.2) is 0 Å². The summed E-state index contributed by atoms with van der Waals surface area (Å²) in [6.07, 6.45) is 3.23. The molecule has 38 heavy (non-hydrogen) atoms. The van der Waals surface area contributed by atoms with Gasteiger partial charge in [-0.2, -0.15) is 0 Å². The summed E-state index contributed by atoms with van der Waals surface area (Å²) in [6, 6.07) is 31.8. The molecular weight excluding hydrogens is 661 g/mol. The van der Waals surface area contributed by atoms with Crippen LogP contribution in [0.1, 0.15) is 15.2 Å². The Hall–Kier alpha value is -3.37. The predicted molar refractivity (Wildman–Crippen MR) is 157 cm³/mol. The Morgan fingerprint density at radius 3 is 2.32 bits per heavy atom. The minimum atomic E-state index is -2.09. The van der Waals surface area contributed by atoms with E-state index in [9.17, 15) is 0 Å². The van der Waals surface area contributed by atoms with Gasteiger partial charge >= 0.3 is 0 Å². The van der Waals surface area contributed by atoms with Gasteiger partial charge in [0, 0.05) is 42.0 Å². The van der Waals surface area contributed by atoms with Gasteiger partial charge < -0.3 is 14.4 Å². The number of pyridine rings is 2. The van der Waals surface area contributed by atoms with Gasteiger partial charge in [0.2, 0.25) is 0 Å². The van der Waals surface area contributed by atoms with Crippen molar-refractivity contribution in [2.75, 3.05) is 0 Å². The molecular formula is C33H30IrN2OSi-2. The first kappa shape index (κ1) is 23.7. The standard InChI is InChI=1S/C21H20NOSi.C12H10N.Ir/c1-14-11-12-22-18(13-14)17-9-5-7-15-16-8-6-10-19(24(2,3)4)21(16)23-20(15)17;1-10-7-8-12(13-9-10)11-5-3-2-4-6-11;/h5-8,10-13H,1-4H3;2-5,7-9H,1H3;/q2*-1;/i;1D3;. The maximum Gasteiger partial charge on any atom is 0.120 e. The molecule has 3 heterocycles. The van der Waals surface area contributed by atoms with E-state index in [4.69, 9.17) is 8.53 Å². The molecule has 0 aliphatic rings. The van der Waals surface area contributed by atoms with Crippen LogP contribution in [0.25, 0.3) is 44.5 Å². The molecule has 0 spiro atoms. The molecule has 193 valence electrons. The molecule has 6 rings (SSSR count). The molecule has 3 aromatic carbocycles. The van der Waals surface area contributed by atoms with E-state index in [2.05, 4.69) is 79.0 Å². The van der Waals surface area contributed by atoms with Gasteiger partial charge in [-0.25, -0.2) is 0 Å². The quantitative estimate of drug-likeness (QED) is 0.139. The van der Waals surface area contributed by atoms with Gasteiger partial charge in [0.05, 0.1) is 13.7 Å². The van der Waals surface area contributed by atoms with Gasteiger partial charge in [0.25, 0.3) is 0 Å². The fourth-order valence-corrected chi connectivity index (χ4v) is 5.79. The van der Waals surface area contributed by atoms with Crippen molar-refractivity contribution in [3.8, 4) is 22.5 Å². The summed E-state index contributed by atoms with van der Waals surface area (Å²) < 4.78 is 28.1. The molecule has 0 bridgehead atoms. The van der Waals surface area contributed by atoms with Gasteiger partial charge in [-0.1, -0.05) is 72.6 Å². The summed E-state index contributed by atoms with van der Waals surface area (Å²) in [5, 5.41) is 3.69. The van der Waals surface area contributed by atoms with Crippen LogP contribution < -0.4 is 5.19 Å². The molecule has 1 radical (unpaired) electrons. The van der Waals surface area contributed by atoms with Gasteiger partial charge in [0.1, 0.15) is 5.58 Å². The Balaban J connectivity index is 0.000000200. The van der Waals surface area contributed by atoms with Crippen LogP contribution in [0, 0.1) is 25.9 Å². The van der Waals surface area contributed by atoms with Crippen molar-refractivity contribution in [1.29, 1.82) is 0 Å². The predicted octanol–water partition coefficient (Wildman–Crippen LogP) is 8.16. The first-order valence-corrected chi connectivity index (χ1v) is 15.8. The normalized spacial score (nSPS) is 12.6. The minimum Gasteiger partial charge on any atom is -0.501 e. The van der Waals surface area contributed by atoms with Crippen molar-refractivity contribution in [1.82, 2.24) is 9.97 Å². The van der Waals surface area contributed by atoms with E-state index < -0.39 is 14.9 Å². The molecule has 0 fully saturated rings. The number of nitrogens with zero attached hydrogens (tertiary/aromatic N) is 2. The van der Waals surface area contributed by atoms with Crippen LogP contribution in [-0.4, -0.2) is 18.0 Å². The average molecular weight is 694 g/mol. The van der Waals surface area contributed by atoms with Crippen LogP contribution in [0.3, 0.4) is 0 Å². The summed E-state index contributed by atoms with van der Waals surface area (Å²) in [4.78, 5) is 8.64. The zero-order chi connectivity index (χ0) is 28.5. The maximum atomic E-state index is 7.23. The van der Waals surface area contributed by atoms with E-state index in [1.54, 1.807) is 18.2 Å². The molecule has 0 saturated heterocycles. The Morgan fingerprint density at radius 2 is 1.63 bits per heavy atom. The Bertz CT molecular complexity index is 1780. The van der Waals surface area contributed by atoms with Gasteiger partial charge in [-0.3, -0.25) is 0 Å². The number of hydrogen-bond donors (Lipinski definition) is 0. The summed E-state index contributed by atoms with van der Waals surface area (Å²) in [5.74, 6) is 0. The number of aromatic nitrogens is 2. The molecule has 3 aromatic heterocycles. The molecule has 0 N–H and O–H groups in total. The summed E-state index contributed by atoms with van der Waals surface area (Å²) >= 11 is 0. The van der Waals surface area contributed by atoms with Crippen molar-refractivity contribution >= 4 is 35.2 Å². The van der Waals surface area contributed by atoms with Crippen LogP contribution in [0.15, 0.2) is 95.7 Å². The zero-order valence-corrected chi connectivity index (χ0v) is 25.2. The Labute approximate surface area is 243 Å². The van der Waals surface area contributed by atoms with Crippen molar-refractivity contribution < 1.29 is 28.6 Å². The molecule has 3 nitrogen and oxygen atoms in total. The van der Waals surface area contributed by atoms with E-state index in [-0.39, 0.29) is 25.7 Å². The summed E-state index contributed by atoms with van der Waals surface area (Å²) in [6.45, 7) is 7.04. The molecule has 5 heteroatoms. The van der Waals surface area contributed by atoms with E-state index in [1.807, 2.05) is 36.5 Å². The van der Waals surface area contributed by atoms with Crippen LogP contribution in [0.2, 0.25) is 19.6 Å². The number of aryl methyl sites for hydroxylation is 2. The Kier molecular flexibility index (Phi) is 7.22. The van der Waals surface area contributed by atoms with Crippen LogP contribution in [0.5, 0.6) is 0 Å². The summed E-state index contributed by atoms with van der Waals surface area (Å²) in [5.41, 5.74) is 6.80. The van der Waals surface area contributed by atoms with Crippen molar-refractivity contribution in [3.63, 3.8) is 0 Å². The fourth-order valence-electron chi connectivity index (χ4n) is 4.32. The van der Waals surface area contributed by atoms with Crippen LogP contribution in [0.4, 0.5) is 0 Å². The molecule has 0 aliphatic heterocycles. The molecule has 0 unspecified atom stereocenters. The van der Waals surface area contributed by atoms with E-state index >= 15 is 0 Å². The van der Waals surface area contributed by atoms with Crippen LogP contribution in [-0.2, 0) is 20.1 Å². The first-order valence-electron chi connectivity index (χ1n) is 13.8. The molecule has 0 atom stereocenters. The third-order valence-electron chi connectivity index (χ3n) is 6.19. The van der Waals surface area contributed by atoms with E-state index in [0.717, 1.165) is 39.1 Å². The largest absolute Gasteiger partial charge is 0.501 e. The third-order valence-corrected chi connectivity index (χ3v) is 8.20. The van der Waals surface area contributed by atoms with Gasteiger partial charge in [-0.05, 0) is 42.0 Å². The molecule has 0 saturated carbocycles. The smallest absolute Gasteiger partial charge is 0.120 e. The first-order chi connectivity index (χ1) is 19.0. The summed E-state index contributed by atoms with van der Waals surface area (Å²) in [7, 11) is -1.49. The average Bonchev–Trinajstić information content (AvgIpc) is 3.32. The number of para-hydroxylation sites is 1. The van der Waals surface area contributed by atoms with Crippen molar-refractivity contribution in [2.24, 2.45) is 0 Å². The molecule has 6 aromatic rings. The van der Waals surface area contributed by atoms with E-state index in [1.165, 1.54) is 22.3 Å². The fraction of sp³-hybridized carbons (Fsp3) is 0.152. The minimum absolute atomic E-state index is 0. The SMILES string of the molecule is Cc1ccnc(-c2[c-]ccc3c2oc2c([Si](C)(C)C)cccc23)c1.[2H]C([2H])([2H])c1ccc(-c2[c-]cccc2)nc1.[Ir]. The Morgan fingerprint density at radius 1 is 0.789 bits per heavy atom. The molecule has 0 amide bonds. The number of rotatable bonds is 3. The van der Waals surface area contributed by atoms with Crippen LogP contribution >= 0.6 is 0 Å². The number of furan rings is 1. The van der Waals surface area contributed by atoms with Gasteiger partial charge in [-0.15, -0.1) is 54.1 Å². The second kappa shape index (κ2) is 11.6. The monoisotopic (exact) mass is 694 g/mol. The van der Waals surface area contributed by atoms with Crippen molar-refractivity contribution in [3.05, 3.63) is 115 Å². The second-order valence-corrected chi connectivity index (χ2v) is 15.1. The zero-order valence-electron chi connectivity index (χ0n) is 24.8. The third kappa shape index (κ3) is 5.86.